The first-order chi connectivity index (χ1) is 7.97. The van der Waals surface area contributed by atoms with Crippen LogP contribution in [0.1, 0.15) is 45.6 Å². The Kier molecular flexibility index (Phi) is 3.62. The molecule has 3 atom stereocenters. The molecule has 1 aliphatic rings. The first kappa shape index (κ1) is 12.7. The van der Waals surface area contributed by atoms with Crippen LogP contribution in [0.4, 0.5) is 0 Å². The van der Waals surface area contributed by atoms with Crippen molar-refractivity contribution in [3.05, 3.63) is 24.2 Å². The fourth-order valence-corrected chi connectivity index (χ4v) is 3.02. The normalized spacial score (nSPS) is 30.5. The zero-order valence-electron chi connectivity index (χ0n) is 11.3. The van der Waals surface area contributed by atoms with E-state index >= 15 is 0 Å². The van der Waals surface area contributed by atoms with E-state index in [1.807, 2.05) is 6.26 Å². The maximum atomic E-state index is 6.27. The zero-order valence-corrected chi connectivity index (χ0v) is 11.3. The van der Waals surface area contributed by atoms with Crippen molar-refractivity contribution in [2.24, 2.45) is 23.0 Å². The third-order valence-corrected chi connectivity index (χ3v) is 4.34. The van der Waals surface area contributed by atoms with Crippen LogP contribution in [0.25, 0.3) is 0 Å². The minimum Gasteiger partial charge on any atom is -0.472 e. The van der Waals surface area contributed by atoms with Crippen molar-refractivity contribution in [3.63, 3.8) is 0 Å². The molecule has 0 amide bonds. The van der Waals surface area contributed by atoms with Crippen LogP contribution in [0.15, 0.2) is 23.0 Å². The number of rotatable bonds is 2. The first-order valence-electron chi connectivity index (χ1n) is 6.73. The number of hydrogen-bond donors (Lipinski definition) is 1. The molecular weight excluding hydrogens is 210 g/mol. The van der Waals surface area contributed by atoms with Crippen molar-refractivity contribution in [1.29, 1.82) is 0 Å². The molecular formula is C15H25NO. The Morgan fingerprint density at radius 1 is 1.35 bits per heavy atom. The summed E-state index contributed by atoms with van der Waals surface area (Å²) in [6.07, 6.45) is 8.40. The molecule has 3 unspecified atom stereocenters. The van der Waals surface area contributed by atoms with Crippen LogP contribution in [0.3, 0.4) is 0 Å². The summed E-state index contributed by atoms with van der Waals surface area (Å²) in [5.41, 5.74) is 7.97. The Balaban J connectivity index is 2.00. The van der Waals surface area contributed by atoms with E-state index in [1.165, 1.54) is 24.8 Å². The zero-order chi connectivity index (χ0) is 12.5. The molecule has 96 valence electrons. The number of furan rings is 1. The van der Waals surface area contributed by atoms with Gasteiger partial charge in [0.25, 0.3) is 0 Å². The van der Waals surface area contributed by atoms with Gasteiger partial charge in [0.2, 0.25) is 0 Å². The Hall–Kier alpha value is -0.760. The SMILES string of the molecule is CC(C)(C)C1CCC(N)C(Cc2ccoc2)C1. The molecule has 0 radical (unpaired) electrons. The monoisotopic (exact) mass is 235 g/mol. The molecule has 0 spiro atoms. The number of nitrogens with two attached hydrogens (primary N) is 1. The first-order valence-corrected chi connectivity index (χ1v) is 6.73. The molecule has 0 saturated heterocycles. The molecule has 2 N–H and O–H groups in total. The van der Waals surface area contributed by atoms with Gasteiger partial charge in [-0.25, -0.2) is 0 Å². The summed E-state index contributed by atoms with van der Waals surface area (Å²) in [7, 11) is 0. The highest BCUT2D eigenvalue weighted by Crippen LogP contribution is 2.40. The molecule has 1 aromatic rings. The molecule has 0 bridgehead atoms. The molecule has 2 rings (SSSR count). The van der Waals surface area contributed by atoms with Crippen LogP contribution in [0, 0.1) is 17.3 Å². The van der Waals surface area contributed by atoms with Gasteiger partial charge in [0.05, 0.1) is 12.5 Å². The fraction of sp³-hybridized carbons (Fsp3) is 0.733. The van der Waals surface area contributed by atoms with E-state index in [0.717, 1.165) is 12.3 Å². The summed E-state index contributed by atoms with van der Waals surface area (Å²) in [4.78, 5) is 0. The third kappa shape index (κ3) is 3.12. The molecule has 1 heterocycles. The van der Waals surface area contributed by atoms with Crippen molar-refractivity contribution in [1.82, 2.24) is 0 Å². The van der Waals surface area contributed by atoms with Crippen LogP contribution in [0.5, 0.6) is 0 Å². The van der Waals surface area contributed by atoms with Crippen LogP contribution in [-0.4, -0.2) is 6.04 Å². The Labute approximate surface area is 105 Å². The summed E-state index contributed by atoms with van der Waals surface area (Å²) in [5, 5.41) is 0. The van der Waals surface area contributed by atoms with E-state index in [1.54, 1.807) is 6.26 Å². The van der Waals surface area contributed by atoms with Gasteiger partial charge in [0.1, 0.15) is 0 Å². The summed E-state index contributed by atoms with van der Waals surface area (Å²) in [6.45, 7) is 7.05. The van der Waals surface area contributed by atoms with Gasteiger partial charge in [-0.05, 0) is 54.6 Å². The smallest absolute Gasteiger partial charge is 0.0934 e. The second-order valence-corrected chi connectivity index (χ2v) is 6.64. The van der Waals surface area contributed by atoms with Gasteiger partial charge in [-0.2, -0.15) is 0 Å². The maximum absolute atomic E-state index is 6.27. The van der Waals surface area contributed by atoms with Gasteiger partial charge >= 0.3 is 0 Å². The quantitative estimate of drug-likeness (QED) is 0.850. The fourth-order valence-electron chi connectivity index (χ4n) is 3.02. The minimum absolute atomic E-state index is 0.364. The Bertz CT molecular complexity index is 336. The predicted octanol–water partition coefficient (Wildman–Crippen LogP) is 3.61. The van der Waals surface area contributed by atoms with Crippen molar-refractivity contribution in [2.75, 3.05) is 0 Å². The molecule has 2 nitrogen and oxygen atoms in total. The molecule has 1 saturated carbocycles. The van der Waals surface area contributed by atoms with Gasteiger partial charge in [-0.1, -0.05) is 20.8 Å². The van der Waals surface area contributed by atoms with E-state index in [-0.39, 0.29) is 0 Å². The molecule has 2 heteroatoms. The van der Waals surface area contributed by atoms with E-state index in [4.69, 9.17) is 10.2 Å². The largest absolute Gasteiger partial charge is 0.472 e. The lowest BCUT2D eigenvalue weighted by Crippen LogP contribution is -2.40. The van der Waals surface area contributed by atoms with Crippen LogP contribution in [0.2, 0.25) is 0 Å². The lowest BCUT2D eigenvalue weighted by atomic mass is 9.66. The van der Waals surface area contributed by atoms with Crippen molar-refractivity contribution in [3.8, 4) is 0 Å². The minimum atomic E-state index is 0.364. The van der Waals surface area contributed by atoms with Gasteiger partial charge in [-0.15, -0.1) is 0 Å². The second kappa shape index (κ2) is 4.85. The van der Waals surface area contributed by atoms with Crippen molar-refractivity contribution >= 4 is 0 Å². The molecule has 1 fully saturated rings. The van der Waals surface area contributed by atoms with Gasteiger partial charge in [0, 0.05) is 6.04 Å². The molecule has 1 aliphatic carbocycles. The second-order valence-electron chi connectivity index (χ2n) is 6.64. The summed E-state index contributed by atoms with van der Waals surface area (Å²) in [6, 6.07) is 2.43. The van der Waals surface area contributed by atoms with Gasteiger partial charge < -0.3 is 10.2 Å². The Morgan fingerprint density at radius 3 is 2.71 bits per heavy atom. The van der Waals surface area contributed by atoms with Gasteiger partial charge in [0.15, 0.2) is 0 Å². The molecule has 17 heavy (non-hydrogen) atoms. The topological polar surface area (TPSA) is 39.2 Å². The Morgan fingerprint density at radius 2 is 2.12 bits per heavy atom. The average Bonchev–Trinajstić information content (AvgIpc) is 2.72. The predicted molar refractivity (Wildman–Crippen MR) is 70.7 cm³/mol. The molecule has 1 aromatic heterocycles. The summed E-state index contributed by atoms with van der Waals surface area (Å²) in [5.74, 6) is 1.42. The lowest BCUT2D eigenvalue weighted by molar-refractivity contribution is 0.126. The molecule has 0 aromatic carbocycles. The highest BCUT2D eigenvalue weighted by atomic mass is 16.3. The third-order valence-electron chi connectivity index (χ3n) is 4.34. The number of hydrogen-bond acceptors (Lipinski definition) is 2. The highest BCUT2D eigenvalue weighted by Gasteiger charge is 2.34. The summed E-state index contributed by atoms with van der Waals surface area (Å²) >= 11 is 0. The maximum Gasteiger partial charge on any atom is 0.0934 e. The molecule has 0 aliphatic heterocycles. The van der Waals surface area contributed by atoms with Gasteiger partial charge in [-0.3, -0.25) is 0 Å². The average molecular weight is 235 g/mol. The standard InChI is InChI=1S/C15H25NO/c1-15(2,3)13-4-5-14(16)12(9-13)8-11-6-7-17-10-11/h6-7,10,12-14H,4-5,8-9,16H2,1-3H3. The van der Waals surface area contributed by atoms with Crippen LogP contribution < -0.4 is 5.73 Å². The van der Waals surface area contributed by atoms with Crippen LogP contribution in [-0.2, 0) is 6.42 Å². The van der Waals surface area contributed by atoms with E-state index in [2.05, 4.69) is 26.8 Å². The highest BCUT2D eigenvalue weighted by molar-refractivity contribution is 5.08. The summed E-state index contributed by atoms with van der Waals surface area (Å²) < 4.78 is 5.14. The lowest BCUT2D eigenvalue weighted by Gasteiger charge is -2.40. The van der Waals surface area contributed by atoms with Crippen molar-refractivity contribution < 1.29 is 4.42 Å². The van der Waals surface area contributed by atoms with Crippen molar-refractivity contribution in [2.45, 2.75) is 52.5 Å². The van der Waals surface area contributed by atoms with E-state index < -0.39 is 0 Å². The van der Waals surface area contributed by atoms with E-state index in [0.29, 0.717) is 17.4 Å². The van der Waals surface area contributed by atoms with E-state index in [9.17, 15) is 0 Å². The van der Waals surface area contributed by atoms with Crippen LogP contribution >= 0.6 is 0 Å².